The van der Waals surface area contributed by atoms with Crippen LogP contribution in [-0.4, -0.2) is 98.4 Å². The van der Waals surface area contributed by atoms with Crippen LogP contribution < -0.4 is 31.7 Å². The fourth-order valence-corrected chi connectivity index (χ4v) is 7.09. The Labute approximate surface area is 299 Å². The number of hydrogen-bond donors (Lipinski definition) is 7. The summed E-state index contributed by atoms with van der Waals surface area (Å²) in [7, 11) is 0. The molecule has 8 N–H and O–H groups in total. The van der Waals surface area contributed by atoms with E-state index < -0.39 is 42.4 Å². The lowest BCUT2D eigenvalue weighted by molar-refractivity contribution is -0.141. The van der Waals surface area contributed by atoms with E-state index in [0.717, 1.165) is 32.9 Å². The smallest absolute Gasteiger partial charge is 0.322 e. The number of carboxylic acids is 2. The number of thioether (sulfide) groups is 1. The van der Waals surface area contributed by atoms with E-state index in [1.807, 2.05) is 32.0 Å². The van der Waals surface area contributed by atoms with Gasteiger partial charge in [0.05, 0.1) is 29.4 Å². The van der Waals surface area contributed by atoms with Crippen molar-refractivity contribution in [2.24, 2.45) is 5.73 Å². The molecular formula is C32H36N8O9S2. The summed E-state index contributed by atoms with van der Waals surface area (Å²) in [6.45, 7) is 4.19. The van der Waals surface area contributed by atoms with Gasteiger partial charge in [-0.05, 0) is 38.5 Å². The predicted octanol–water partition coefficient (Wildman–Crippen LogP) is 2.08. The molecule has 1 aliphatic heterocycles. The third kappa shape index (κ3) is 9.37. The van der Waals surface area contributed by atoms with Crippen LogP contribution in [0.5, 0.6) is 11.8 Å². The number of nitrogens with zero attached hydrogens (tertiary/aromatic N) is 3. The highest BCUT2D eigenvalue weighted by Gasteiger charge is 2.28. The third-order valence-electron chi connectivity index (χ3n) is 7.62. The van der Waals surface area contributed by atoms with Gasteiger partial charge in [0.2, 0.25) is 23.6 Å². The number of carbonyl (C=O) groups excluding carboxylic acids is 3. The van der Waals surface area contributed by atoms with Crippen molar-refractivity contribution in [3.63, 3.8) is 0 Å². The summed E-state index contributed by atoms with van der Waals surface area (Å²) in [4.78, 5) is 74.1. The number of rotatable bonds is 17. The average molecular weight is 741 g/mol. The highest BCUT2D eigenvalue weighted by Crippen LogP contribution is 2.41. The number of pyridine rings is 1. The van der Waals surface area contributed by atoms with Crippen LogP contribution in [0.15, 0.2) is 35.6 Å². The molecule has 3 atom stereocenters. The Morgan fingerprint density at radius 2 is 1.96 bits per heavy atom. The Kier molecular flexibility index (Phi) is 12.2. The first kappa shape index (κ1) is 37.2. The molecule has 0 aliphatic carbocycles. The van der Waals surface area contributed by atoms with Crippen molar-refractivity contribution >= 4 is 79.4 Å². The standard InChI is InChI=1S/C32H36N8O9S2/c1-3-48-13-16-11-36-32(50-14-20(28(44)35-12-24(42)43)38-19(31(46)47)6-8-22(33)41)40-30(16)49-23-9-4-17-18(39-23)5-7-21-25(17)26-27(51-21)29(45)37-15(2)10-34-26/h4-5,7,9,11,15,19-20,34,38H,3,6,8,10,12-14H2,1-2H3,(H2,33,41)(H,35,44)(H,37,45)(H,42,43)(H,46,47)/t15-,19+,20+/m1/s1. The van der Waals surface area contributed by atoms with Crippen molar-refractivity contribution in [1.29, 1.82) is 0 Å². The Balaban J connectivity index is 1.40. The molecule has 1 aliphatic rings. The van der Waals surface area contributed by atoms with E-state index in [-0.39, 0.29) is 54.1 Å². The van der Waals surface area contributed by atoms with Crippen molar-refractivity contribution < 1.29 is 43.7 Å². The van der Waals surface area contributed by atoms with Crippen LogP contribution in [0, 0.1) is 0 Å². The summed E-state index contributed by atoms with van der Waals surface area (Å²) >= 11 is 2.40. The molecule has 0 fully saturated rings. The molecule has 3 amide bonds. The van der Waals surface area contributed by atoms with Crippen LogP contribution >= 0.6 is 23.1 Å². The molecule has 270 valence electrons. The Morgan fingerprint density at radius 1 is 1.16 bits per heavy atom. The topological polar surface area (TPSA) is 257 Å². The molecule has 0 radical (unpaired) electrons. The highest BCUT2D eigenvalue weighted by atomic mass is 32.2. The maximum atomic E-state index is 12.9. The van der Waals surface area contributed by atoms with Crippen LogP contribution in [0.2, 0.25) is 0 Å². The van der Waals surface area contributed by atoms with Gasteiger partial charge in [-0.1, -0.05) is 11.8 Å². The molecule has 5 rings (SSSR count). The zero-order valence-electron chi connectivity index (χ0n) is 27.6. The minimum atomic E-state index is -1.33. The molecule has 19 heteroatoms. The fraction of sp³-hybridized carbons (Fsp3) is 0.375. The van der Waals surface area contributed by atoms with E-state index in [4.69, 9.17) is 25.3 Å². The molecule has 0 bridgehead atoms. The van der Waals surface area contributed by atoms with Gasteiger partial charge in [0.15, 0.2) is 5.16 Å². The summed E-state index contributed by atoms with van der Waals surface area (Å²) in [6, 6.07) is 4.74. The molecule has 1 aromatic carbocycles. The zero-order valence-corrected chi connectivity index (χ0v) is 29.2. The van der Waals surface area contributed by atoms with E-state index >= 15 is 0 Å². The third-order valence-corrected chi connectivity index (χ3v) is 9.73. The largest absolute Gasteiger partial charge is 0.480 e. The summed E-state index contributed by atoms with van der Waals surface area (Å²) in [5.74, 6) is -3.98. The number of ether oxygens (including phenoxy) is 2. The van der Waals surface area contributed by atoms with Crippen molar-refractivity contribution in [1.82, 2.24) is 30.9 Å². The normalized spacial score (nSPS) is 15.3. The lowest BCUT2D eigenvalue weighted by Crippen LogP contribution is -2.53. The van der Waals surface area contributed by atoms with Crippen molar-refractivity contribution in [2.75, 3.05) is 30.8 Å². The number of nitrogens with two attached hydrogens (primary N) is 1. The monoisotopic (exact) mass is 740 g/mol. The summed E-state index contributed by atoms with van der Waals surface area (Å²) in [5.41, 5.74) is 7.08. The van der Waals surface area contributed by atoms with Crippen LogP contribution in [-0.2, 0) is 30.5 Å². The number of hydrogen-bond acceptors (Lipinski definition) is 14. The second kappa shape index (κ2) is 16.7. The molecule has 4 heterocycles. The number of carboxylic acid groups (broad SMARTS) is 2. The number of aliphatic carboxylic acids is 2. The first-order valence-electron chi connectivity index (χ1n) is 15.8. The van der Waals surface area contributed by atoms with E-state index in [0.29, 0.717) is 29.1 Å². The lowest BCUT2D eigenvalue weighted by atomic mass is 10.1. The number of fused-ring (bicyclic) bond motifs is 5. The Hall–Kier alpha value is -5.11. The molecule has 3 aromatic heterocycles. The van der Waals surface area contributed by atoms with Crippen LogP contribution in [0.1, 0.15) is 41.9 Å². The number of nitrogens with one attached hydrogen (secondary N) is 4. The SMILES string of the molecule is CCOCc1cnc(SC[C@H](N[C@@H](CCC(N)=O)C(=O)O)C(=O)NCC(=O)O)nc1Oc1ccc2c(ccc3sc4c(c32)NC[C@@H](C)NC4=O)n1. The average Bonchev–Trinajstić information content (AvgIpc) is 3.41. The number of anilines is 1. The van der Waals surface area contributed by atoms with Crippen molar-refractivity contribution in [2.45, 2.75) is 56.6 Å². The van der Waals surface area contributed by atoms with Crippen LogP contribution in [0.25, 0.3) is 21.0 Å². The molecule has 4 aromatic rings. The minimum absolute atomic E-state index is 0.0340. The van der Waals surface area contributed by atoms with E-state index in [1.165, 1.54) is 17.5 Å². The molecule has 0 unspecified atom stereocenters. The van der Waals surface area contributed by atoms with E-state index in [2.05, 4.69) is 31.2 Å². The van der Waals surface area contributed by atoms with Gasteiger partial charge in [-0.25, -0.2) is 9.97 Å². The van der Waals surface area contributed by atoms with E-state index in [9.17, 15) is 29.1 Å². The number of aromatic nitrogens is 3. The first-order chi connectivity index (χ1) is 24.4. The second-order valence-corrected chi connectivity index (χ2v) is 13.5. The molecule has 17 nitrogen and oxygen atoms in total. The quantitative estimate of drug-likeness (QED) is 0.0604. The van der Waals surface area contributed by atoms with Crippen LogP contribution in [0.3, 0.4) is 0 Å². The van der Waals surface area contributed by atoms with Crippen LogP contribution in [0.4, 0.5) is 5.69 Å². The minimum Gasteiger partial charge on any atom is -0.480 e. The zero-order chi connectivity index (χ0) is 36.7. The van der Waals surface area contributed by atoms with Gasteiger partial charge in [-0.2, -0.15) is 4.98 Å². The van der Waals surface area contributed by atoms with Gasteiger partial charge in [-0.3, -0.25) is 29.3 Å². The summed E-state index contributed by atoms with van der Waals surface area (Å²) < 4.78 is 12.7. The van der Waals surface area contributed by atoms with Gasteiger partial charge in [0.1, 0.15) is 17.5 Å². The number of carbonyl (C=O) groups is 5. The molecule has 0 saturated heterocycles. The van der Waals surface area contributed by atoms with Gasteiger partial charge in [-0.15, -0.1) is 11.3 Å². The van der Waals surface area contributed by atoms with Gasteiger partial charge < -0.3 is 41.4 Å². The van der Waals surface area contributed by atoms with Gasteiger partial charge in [0, 0.05) is 59.1 Å². The molecular weight excluding hydrogens is 705 g/mol. The number of benzene rings is 1. The number of amides is 3. The van der Waals surface area contributed by atoms with Crippen molar-refractivity contribution in [3.05, 3.63) is 40.9 Å². The second-order valence-electron chi connectivity index (χ2n) is 11.5. The predicted molar refractivity (Wildman–Crippen MR) is 188 cm³/mol. The lowest BCUT2D eigenvalue weighted by Gasteiger charge is -2.22. The Morgan fingerprint density at radius 3 is 2.69 bits per heavy atom. The molecule has 51 heavy (non-hydrogen) atoms. The van der Waals surface area contributed by atoms with Crippen molar-refractivity contribution in [3.8, 4) is 11.8 Å². The first-order valence-corrected chi connectivity index (χ1v) is 17.7. The Bertz CT molecular complexity index is 1970. The molecule has 0 saturated carbocycles. The maximum Gasteiger partial charge on any atom is 0.322 e. The summed E-state index contributed by atoms with van der Waals surface area (Å²) in [5, 5.41) is 31.9. The summed E-state index contributed by atoms with van der Waals surface area (Å²) in [6.07, 6.45) is 1.06. The van der Waals surface area contributed by atoms with Gasteiger partial charge >= 0.3 is 11.9 Å². The molecule has 0 spiro atoms. The number of primary amides is 1. The highest BCUT2D eigenvalue weighted by molar-refractivity contribution is 7.99. The van der Waals surface area contributed by atoms with Gasteiger partial charge in [0.25, 0.3) is 5.91 Å². The fourth-order valence-electron chi connectivity index (χ4n) is 5.16. The maximum absolute atomic E-state index is 12.9. The van der Waals surface area contributed by atoms with E-state index in [1.54, 1.807) is 6.07 Å². The number of thiophene rings is 1.